The number of hydrogen-bond donors (Lipinski definition) is 0. The number of allylic oxidation sites excluding steroid dienone is 2. The highest BCUT2D eigenvalue weighted by molar-refractivity contribution is 5.89. The number of carbonyl (C=O) groups excluding carboxylic acids is 1. The van der Waals surface area contributed by atoms with Gasteiger partial charge in [0, 0.05) is 6.42 Å². The molecular formula is C14H16O3. The van der Waals surface area contributed by atoms with Gasteiger partial charge in [-0.2, -0.15) is 0 Å². The zero-order valence-electron chi connectivity index (χ0n) is 9.72. The molecule has 3 heteroatoms. The maximum Gasteiger partial charge on any atom is 0.338 e. The van der Waals surface area contributed by atoms with Crippen LogP contribution < -0.4 is 0 Å². The predicted molar refractivity (Wildman–Crippen MR) is 64.6 cm³/mol. The van der Waals surface area contributed by atoms with Crippen molar-refractivity contribution < 1.29 is 14.3 Å². The summed E-state index contributed by atoms with van der Waals surface area (Å²) in [5.41, 5.74) is 0.576. The summed E-state index contributed by atoms with van der Waals surface area (Å²) in [6.07, 6.45) is 5.37. The van der Waals surface area contributed by atoms with E-state index in [4.69, 9.17) is 9.47 Å². The van der Waals surface area contributed by atoms with E-state index in [1.165, 1.54) is 6.42 Å². The van der Waals surface area contributed by atoms with Crippen LogP contribution in [0.5, 0.6) is 0 Å². The van der Waals surface area contributed by atoms with Gasteiger partial charge in [-0.05, 0) is 31.1 Å². The largest absolute Gasteiger partial charge is 0.495 e. The molecular weight excluding hydrogens is 216 g/mol. The van der Waals surface area contributed by atoms with E-state index in [0.29, 0.717) is 18.8 Å². The summed E-state index contributed by atoms with van der Waals surface area (Å²) in [5.74, 6) is 0.732. The monoisotopic (exact) mass is 232 g/mol. The Kier molecular flexibility index (Phi) is 4.19. The molecule has 0 atom stereocenters. The minimum atomic E-state index is -0.297. The number of ether oxygens (including phenoxy) is 2. The van der Waals surface area contributed by atoms with E-state index in [-0.39, 0.29) is 5.97 Å². The highest BCUT2D eigenvalue weighted by atomic mass is 16.6. The second-order valence-electron chi connectivity index (χ2n) is 3.91. The summed E-state index contributed by atoms with van der Waals surface area (Å²) in [7, 11) is 0. The molecule has 0 saturated heterocycles. The first-order valence-electron chi connectivity index (χ1n) is 5.90. The molecule has 1 aliphatic carbocycles. The number of benzene rings is 1. The van der Waals surface area contributed by atoms with Gasteiger partial charge in [0.1, 0.15) is 13.2 Å². The SMILES string of the molecule is O=C(OCCOC1=CCCC1)c1ccccc1. The van der Waals surface area contributed by atoms with Gasteiger partial charge in [-0.1, -0.05) is 18.2 Å². The topological polar surface area (TPSA) is 35.5 Å². The third-order valence-corrected chi connectivity index (χ3v) is 2.61. The van der Waals surface area contributed by atoms with Crippen molar-refractivity contribution in [2.24, 2.45) is 0 Å². The molecule has 90 valence electrons. The van der Waals surface area contributed by atoms with Crippen LogP contribution in [-0.4, -0.2) is 19.2 Å². The Morgan fingerprint density at radius 3 is 2.71 bits per heavy atom. The Morgan fingerprint density at radius 1 is 1.18 bits per heavy atom. The average molecular weight is 232 g/mol. The molecule has 3 nitrogen and oxygen atoms in total. The number of hydrogen-bond acceptors (Lipinski definition) is 3. The minimum absolute atomic E-state index is 0.297. The highest BCUT2D eigenvalue weighted by Gasteiger charge is 2.07. The van der Waals surface area contributed by atoms with Gasteiger partial charge in [-0.15, -0.1) is 0 Å². The van der Waals surface area contributed by atoms with Crippen molar-refractivity contribution in [2.75, 3.05) is 13.2 Å². The van der Waals surface area contributed by atoms with Crippen molar-refractivity contribution in [1.29, 1.82) is 0 Å². The van der Waals surface area contributed by atoms with Crippen molar-refractivity contribution in [1.82, 2.24) is 0 Å². The lowest BCUT2D eigenvalue weighted by Gasteiger charge is -2.07. The first-order valence-corrected chi connectivity index (χ1v) is 5.90. The molecule has 0 amide bonds. The summed E-state index contributed by atoms with van der Waals surface area (Å²) in [6.45, 7) is 0.732. The minimum Gasteiger partial charge on any atom is -0.495 e. The summed E-state index contributed by atoms with van der Waals surface area (Å²) in [6, 6.07) is 8.98. The number of esters is 1. The fraction of sp³-hybridized carbons (Fsp3) is 0.357. The normalized spacial score (nSPS) is 14.2. The molecule has 1 aliphatic rings. The van der Waals surface area contributed by atoms with Crippen LogP contribution in [0.1, 0.15) is 29.6 Å². The van der Waals surface area contributed by atoms with E-state index in [0.717, 1.165) is 18.6 Å². The first-order chi connectivity index (χ1) is 8.36. The Balaban J connectivity index is 1.67. The lowest BCUT2D eigenvalue weighted by molar-refractivity contribution is 0.0397. The Labute approximate surface area is 101 Å². The van der Waals surface area contributed by atoms with Crippen molar-refractivity contribution in [3.63, 3.8) is 0 Å². The van der Waals surface area contributed by atoms with E-state index < -0.39 is 0 Å². The van der Waals surface area contributed by atoms with E-state index in [1.54, 1.807) is 12.1 Å². The summed E-state index contributed by atoms with van der Waals surface area (Å²) < 4.78 is 10.6. The van der Waals surface area contributed by atoms with Gasteiger partial charge in [0.2, 0.25) is 0 Å². The summed E-state index contributed by atoms with van der Waals surface area (Å²) >= 11 is 0. The van der Waals surface area contributed by atoms with Gasteiger partial charge in [-0.25, -0.2) is 4.79 Å². The van der Waals surface area contributed by atoms with Gasteiger partial charge >= 0.3 is 5.97 Å². The van der Waals surface area contributed by atoms with Crippen molar-refractivity contribution in [3.8, 4) is 0 Å². The van der Waals surface area contributed by atoms with Crippen LogP contribution >= 0.6 is 0 Å². The zero-order valence-corrected chi connectivity index (χ0v) is 9.72. The molecule has 0 radical (unpaired) electrons. The molecule has 0 aromatic heterocycles. The molecule has 0 heterocycles. The molecule has 0 unspecified atom stereocenters. The lowest BCUT2D eigenvalue weighted by atomic mass is 10.2. The number of carbonyl (C=O) groups is 1. The van der Waals surface area contributed by atoms with Crippen molar-refractivity contribution in [3.05, 3.63) is 47.7 Å². The van der Waals surface area contributed by atoms with Crippen LogP contribution in [0.4, 0.5) is 0 Å². The van der Waals surface area contributed by atoms with Crippen molar-refractivity contribution in [2.45, 2.75) is 19.3 Å². The van der Waals surface area contributed by atoms with Crippen LogP contribution in [0, 0.1) is 0 Å². The molecule has 0 bridgehead atoms. The second kappa shape index (κ2) is 6.09. The fourth-order valence-electron chi connectivity index (χ4n) is 1.74. The quantitative estimate of drug-likeness (QED) is 0.578. The van der Waals surface area contributed by atoms with Crippen LogP contribution in [0.15, 0.2) is 42.2 Å². The molecule has 0 aliphatic heterocycles. The van der Waals surface area contributed by atoms with E-state index >= 15 is 0 Å². The summed E-state index contributed by atoms with van der Waals surface area (Å²) in [4.78, 5) is 11.5. The van der Waals surface area contributed by atoms with Crippen molar-refractivity contribution >= 4 is 5.97 Å². The van der Waals surface area contributed by atoms with E-state index in [9.17, 15) is 4.79 Å². The zero-order chi connectivity index (χ0) is 11.9. The van der Waals surface area contributed by atoms with E-state index in [2.05, 4.69) is 6.08 Å². The molecule has 0 fully saturated rings. The molecule has 0 N–H and O–H groups in total. The molecule has 2 rings (SSSR count). The molecule has 17 heavy (non-hydrogen) atoms. The highest BCUT2D eigenvalue weighted by Crippen LogP contribution is 2.18. The third-order valence-electron chi connectivity index (χ3n) is 2.61. The standard InChI is InChI=1S/C14H16O3/c15-14(12-6-2-1-3-7-12)17-11-10-16-13-8-4-5-9-13/h1-3,6-8H,4-5,9-11H2. The summed E-state index contributed by atoms with van der Waals surface area (Å²) in [5, 5.41) is 0. The Bertz CT molecular complexity index is 395. The molecule has 0 spiro atoms. The molecule has 1 aromatic carbocycles. The van der Waals surface area contributed by atoms with Gasteiger partial charge in [0.25, 0.3) is 0 Å². The Morgan fingerprint density at radius 2 is 2.00 bits per heavy atom. The Hall–Kier alpha value is -1.77. The van der Waals surface area contributed by atoms with Gasteiger partial charge in [0.05, 0.1) is 11.3 Å². The predicted octanol–water partition coefficient (Wildman–Crippen LogP) is 2.93. The smallest absolute Gasteiger partial charge is 0.338 e. The lowest BCUT2D eigenvalue weighted by Crippen LogP contribution is -2.10. The van der Waals surface area contributed by atoms with Crippen LogP contribution in [0.2, 0.25) is 0 Å². The molecule has 1 aromatic rings. The van der Waals surface area contributed by atoms with Crippen LogP contribution in [-0.2, 0) is 9.47 Å². The first kappa shape index (κ1) is 11.7. The van der Waals surface area contributed by atoms with Crippen LogP contribution in [0.3, 0.4) is 0 Å². The fourth-order valence-corrected chi connectivity index (χ4v) is 1.74. The van der Waals surface area contributed by atoms with Gasteiger partial charge in [-0.3, -0.25) is 0 Å². The van der Waals surface area contributed by atoms with Gasteiger partial charge in [0.15, 0.2) is 0 Å². The number of rotatable bonds is 5. The average Bonchev–Trinajstić information content (AvgIpc) is 2.88. The maximum atomic E-state index is 11.5. The maximum absolute atomic E-state index is 11.5. The van der Waals surface area contributed by atoms with Crippen LogP contribution in [0.25, 0.3) is 0 Å². The molecule has 0 saturated carbocycles. The van der Waals surface area contributed by atoms with E-state index in [1.807, 2.05) is 18.2 Å². The second-order valence-corrected chi connectivity index (χ2v) is 3.91. The third kappa shape index (κ3) is 3.63. The van der Waals surface area contributed by atoms with Gasteiger partial charge < -0.3 is 9.47 Å².